The second-order valence-corrected chi connectivity index (χ2v) is 11.1. The van der Waals surface area contributed by atoms with Crippen molar-refractivity contribution >= 4 is 22.0 Å². The Bertz CT molecular complexity index is 692. The third-order valence-corrected chi connectivity index (χ3v) is 8.35. The van der Waals surface area contributed by atoms with E-state index in [1.54, 1.807) is 0 Å². The number of rotatable bonds is 5. The van der Waals surface area contributed by atoms with Crippen molar-refractivity contribution in [2.75, 3.05) is 0 Å². The van der Waals surface area contributed by atoms with Crippen LogP contribution >= 0.6 is 15.9 Å². The predicted molar refractivity (Wildman–Crippen MR) is 118 cm³/mol. The number of carbonyl (C=O) groups excluding carboxylic acids is 1. The zero-order valence-electron chi connectivity index (χ0n) is 17.2. The summed E-state index contributed by atoms with van der Waals surface area (Å²) in [7, 11) is 0. The number of amides is 2. The van der Waals surface area contributed by atoms with Crippen molar-refractivity contribution in [2.45, 2.75) is 88.5 Å². The molecular formula is C24H33BrN2O2. The van der Waals surface area contributed by atoms with E-state index in [0.29, 0.717) is 12.7 Å². The van der Waals surface area contributed by atoms with E-state index in [-0.39, 0.29) is 17.6 Å². The molecular weight excluding hydrogens is 428 g/mol. The summed E-state index contributed by atoms with van der Waals surface area (Å²) < 4.78 is 7.21. The summed E-state index contributed by atoms with van der Waals surface area (Å²) >= 11 is 3.47. The monoisotopic (exact) mass is 460 g/mol. The predicted octanol–water partition coefficient (Wildman–Crippen LogP) is 5.54. The SMILES string of the molecule is O=C(NC1CCC(OCc2ccc(Br)cc2)CC1)NC12CC3CC(CC(C3)C1)C2. The van der Waals surface area contributed by atoms with Gasteiger partial charge in [-0.1, -0.05) is 28.1 Å². The van der Waals surface area contributed by atoms with Crippen molar-refractivity contribution in [2.24, 2.45) is 17.8 Å². The molecule has 5 aliphatic rings. The molecule has 4 nitrogen and oxygen atoms in total. The average molecular weight is 461 g/mol. The van der Waals surface area contributed by atoms with Gasteiger partial charge in [0.25, 0.3) is 0 Å². The second kappa shape index (κ2) is 8.22. The van der Waals surface area contributed by atoms with Gasteiger partial charge in [-0.15, -0.1) is 0 Å². The molecule has 0 atom stereocenters. The van der Waals surface area contributed by atoms with E-state index in [1.165, 1.54) is 44.1 Å². The van der Waals surface area contributed by atoms with Gasteiger partial charge in [-0.3, -0.25) is 0 Å². The molecule has 158 valence electrons. The van der Waals surface area contributed by atoms with Crippen LogP contribution in [0, 0.1) is 17.8 Å². The van der Waals surface area contributed by atoms with Crippen molar-refractivity contribution in [3.8, 4) is 0 Å². The lowest BCUT2D eigenvalue weighted by atomic mass is 9.53. The van der Waals surface area contributed by atoms with Crippen molar-refractivity contribution < 1.29 is 9.53 Å². The topological polar surface area (TPSA) is 50.4 Å². The molecule has 5 fully saturated rings. The molecule has 1 aromatic carbocycles. The summed E-state index contributed by atoms with van der Waals surface area (Å²) in [6.45, 7) is 0.669. The Morgan fingerprint density at radius 2 is 1.55 bits per heavy atom. The van der Waals surface area contributed by atoms with Crippen LogP contribution in [0.5, 0.6) is 0 Å². The van der Waals surface area contributed by atoms with E-state index in [2.05, 4.69) is 50.8 Å². The van der Waals surface area contributed by atoms with Gasteiger partial charge in [-0.05, 0) is 99.7 Å². The molecule has 0 aromatic heterocycles. The Morgan fingerprint density at radius 3 is 2.14 bits per heavy atom. The number of ether oxygens (including phenoxy) is 1. The fourth-order valence-corrected chi connectivity index (χ4v) is 7.16. The van der Waals surface area contributed by atoms with Gasteiger partial charge in [-0.2, -0.15) is 0 Å². The maximum absolute atomic E-state index is 12.8. The summed E-state index contributed by atoms with van der Waals surface area (Å²) in [5, 5.41) is 6.73. The highest BCUT2D eigenvalue weighted by Gasteiger charge is 2.51. The Hall–Kier alpha value is -1.07. The van der Waals surface area contributed by atoms with Crippen LogP contribution in [0.1, 0.15) is 69.8 Å². The lowest BCUT2D eigenvalue weighted by Crippen LogP contribution is -2.62. The zero-order chi connectivity index (χ0) is 19.8. The Balaban J connectivity index is 1.05. The molecule has 4 bridgehead atoms. The third-order valence-electron chi connectivity index (χ3n) is 7.83. The summed E-state index contributed by atoms with van der Waals surface area (Å²) in [5.41, 5.74) is 1.31. The Labute approximate surface area is 182 Å². The van der Waals surface area contributed by atoms with Crippen LogP contribution in [0.3, 0.4) is 0 Å². The van der Waals surface area contributed by atoms with E-state index in [9.17, 15) is 4.79 Å². The van der Waals surface area contributed by atoms with Gasteiger partial charge in [0.1, 0.15) is 0 Å². The Kier molecular flexibility index (Phi) is 5.63. The first-order chi connectivity index (χ1) is 14.1. The molecule has 2 N–H and O–H groups in total. The minimum atomic E-state index is 0.0752. The first kappa shape index (κ1) is 19.9. The highest BCUT2D eigenvalue weighted by Crippen LogP contribution is 2.55. The van der Waals surface area contributed by atoms with E-state index in [0.717, 1.165) is 47.9 Å². The van der Waals surface area contributed by atoms with Crippen LogP contribution in [0.25, 0.3) is 0 Å². The van der Waals surface area contributed by atoms with Gasteiger partial charge in [0.15, 0.2) is 0 Å². The lowest BCUT2D eigenvalue weighted by Gasteiger charge is -2.56. The molecule has 2 amide bonds. The van der Waals surface area contributed by atoms with E-state index < -0.39 is 0 Å². The van der Waals surface area contributed by atoms with Gasteiger partial charge >= 0.3 is 6.03 Å². The Morgan fingerprint density at radius 1 is 0.966 bits per heavy atom. The summed E-state index contributed by atoms with van der Waals surface area (Å²) in [6, 6.07) is 8.68. The quantitative estimate of drug-likeness (QED) is 0.605. The smallest absolute Gasteiger partial charge is 0.315 e. The fraction of sp³-hybridized carbons (Fsp3) is 0.708. The van der Waals surface area contributed by atoms with Crippen LogP contribution in [0.2, 0.25) is 0 Å². The standard InChI is InChI=1S/C24H33BrN2O2/c25-20-3-1-16(2-4-20)15-29-22-7-5-21(6-8-22)26-23(28)27-24-12-17-9-18(13-24)11-19(10-17)14-24/h1-4,17-19,21-22H,5-15H2,(H2,26,27,28). The van der Waals surface area contributed by atoms with Gasteiger partial charge < -0.3 is 15.4 Å². The van der Waals surface area contributed by atoms with Crippen LogP contribution in [-0.2, 0) is 11.3 Å². The highest BCUT2D eigenvalue weighted by atomic mass is 79.9. The van der Waals surface area contributed by atoms with Crippen LogP contribution in [-0.4, -0.2) is 23.7 Å². The minimum Gasteiger partial charge on any atom is -0.374 e. The third kappa shape index (κ3) is 4.66. The maximum atomic E-state index is 12.8. The first-order valence-electron chi connectivity index (χ1n) is 11.5. The molecule has 0 aliphatic heterocycles. The van der Waals surface area contributed by atoms with Crippen LogP contribution < -0.4 is 10.6 Å². The van der Waals surface area contributed by atoms with E-state index in [1.807, 2.05) is 0 Å². The van der Waals surface area contributed by atoms with Gasteiger partial charge in [0, 0.05) is 16.1 Å². The van der Waals surface area contributed by atoms with Crippen molar-refractivity contribution in [1.82, 2.24) is 10.6 Å². The molecule has 6 rings (SSSR count). The molecule has 0 heterocycles. The van der Waals surface area contributed by atoms with E-state index >= 15 is 0 Å². The number of nitrogens with one attached hydrogen (secondary N) is 2. The molecule has 5 saturated carbocycles. The number of hydrogen-bond acceptors (Lipinski definition) is 2. The second-order valence-electron chi connectivity index (χ2n) is 10.2. The average Bonchev–Trinajstić information content (AvgIpc) is 2.67. The number of carbonyl (C=O) groups is 1. The van der Waals surface area contributed by atoms with Crippen molar-refractivity contribution in [3.05, 3.63) is 34.3 Å². The summed E-state index contributed by atoms with van der Waals surface area (Å²) in [5.74, 6) is 2.58. The molecule has 0 saturated heterocycles. The molecule has 0 unspecified atom stereocenters. The minimum absolute atomic E-state index is 0.0752. The molecule has 5 heteroatoms. The van der Waals surface area contributed by atoms with Crippen LogP contribution in [0.15, 0.2) is 28.7 Å². The zero-order valence-corrected chi connectivity index (χ0v) is 18.8. The van der Waals surface area contributed by atoms with E-state index in [4.69, 9.17) is 4.74 Å². The molecule has 0 radical (unpaired) electrons. The maximum Gasteiger partial charge on any atom is 0.315 e. The van der Waals surface area contributed by atoms with Crippen molar-refractivity contribution in [3.63, 3.8) is 0 Å². The first-order valence-corrected chi connectivity index (χ1v) is 12.3. The molecule has 1 aromatic rings. The van der Waals surface area contributed by atoms with Gasteiger partial charge in [0.2, 0.25) is 0 Å². The van der Waals surface area contributed by atoms with Gasteiger partial charge in [0.05, 0.1) is 12.7 Å². The van der Waals surface area contributed by atoms with Crippen LogP contribution in [0.4, 0.5) is 4.79 Å². The van der Waals surface area contributed by atoms with Crippen molar-refractivity contribution in [1.29, 1.82) is 0 Å². The van der Waals surface area contributed by atoms with Gasteiger partial charge in [-0.25, -0.2) is 4.79 Å². The summed E-state index contributed by atoms with van der Waals surface area (Å²) in [4.78, 5) is 12.8. The number of urea groups is 1. The molecule has 0 spiro atoms. The fourth-order valence-electron chi connectivity index (χ4n) is 6.89. The number of hydrogen-bond donors (Lipinski definition) is 2. The summed E-state index contributed by atoms with van der Waals surface area (Å²) in [6.07, 6.45) is 12.3. The molecule has 29 heavy (non-hydrogen) atoms. The lowest BCUT2D eigenvalue weighted by molar-refractivity contribution is -0.0142. The molecule has 5 aliphatic carbocycles. The normalized spacial score (nSPS) is 38.0. The number of benzene rings is 1. The largest absolute Gasteiger partial charge is 0.374 e. The highest BCUT2D eigenvalue weighted by molar-refractivity contribution is 9.10. The number of halogens is 1.